The second-order valence-corrected chi connectivity index (χ2v) is 8.46. The van der Waals surface area contributed by atoms with Crippen molar-refractivity contribution in [3.63, 3.8) is 0 Å². The van der Waals surface area contributed by atoms with Crippen LogP contribution >= 0.6 is 0 Å². The second kappa shape index (κ2) is 6.83. The van der Waals surface area contributed by atoms with Crippen molar-refractivity contribution < 1.29 is 43.5 Å². The van der Waals surface area contributed by atoms with Crippen molar-refractivity contribution in [2.45, 2.75) is 23.2 Å². The summed E-state index contributed by atoms with van der Waals surface area (Å²) in [7, 11) is -3.06. The van der Waals surface area contributed by atoms with E-state index >= 15 is 0 Å². The lowest BCUT2D eigenvalue weighted by Gasteiger charge is -2.19. The molecule has 15 heteroatoms. The molecule has 0 radical (unpaired) electrons. The highest BCUT2D eigenvalue weighted by atomic mass is 32.2. The number of halogens is 8. The van der Waals surface area contributed by atoms with Gasteiger partial charge in [-0.3, -0.25) is 4.98 Å². The van der Waals surface area contributed by atoms with E-state index in [0.717, 1.165) is 4.57 Å². The Morgan fingerprint density at radius 2 is 1.48 bits per heavy atom. The van der Waals surface area contributed by atoms with Gasteiger partial charge in [-0.2, -0.15) is 35.1 Å². The maximum absolute atomic E-state index is 13.6. The normalized spacial score (nSPS) is 13.7. The molecule has 0 aromatic carbocycles. The first-order chi connectivity index (χ1) is 13.9. The van der Waals surface area contributed by atoms with Gasteiger partial charge >= 0.3 is 18.3 Å². The first-order valence-electron chi connectivity index (χ1n) is 7.99. The predicted molar refractivity (Wildman–Crippen MR) is 89.8 cm³/mol. The van der Waals surface area contributed by atoms with Gasteiger partial charge in [-0.15, -0.1) is 0 Å². The number of aromatic nitrogens is 4. The van der Waals surface area contributed by atoms with Crippen LogP contribution in [0.4, 0.5) is 35.1 Å². The summed E-state index contributed by atoms with van der Waals surface area (Å²) in [5, 5.41) is 0. The quantitative estimate of drug-likeness (QED) is 0.534. The lowest BCUT2D eigenvalue weighted by atomic mass is 10.1. The van der Waals surface area contributed by atoms with Crippen molar-refractivity contribution in [2.24, 2.45) is 7.05 Å². The summed E-state index contributed by atoms with van der Waals surface area (Å²) in [6, 6.07) is 0.733. The Morgan fingerprint density at radius 3 is 2.00 bits per heavy atom. The third-order valence-electron chi connectivity index (χ3n) is 4.22. The summed E-state index contributed by atoms with van der Waals surface area (Å²) in [6.45, 7) is 0. The van der Waals surface area contributed by atoms with E-state index in [4.69, 9.17) is 0 Å². The molecule has 3 aromatic rings. The molecule has 0 unspecified atom stereocenters. The molecule has 0 saturated carbocycles. The number of alkyl halides is 8. The summed E-state index contributed by atoms with van der Waals surface area (Å²) < 4.78 is 129. The molecule has 168 valence electrons. The van der Waals surface area contributed by atoms with Gasteiger partial charge in [-0.1, -0.05) is 0 Å². The standard InChI is InChI=1S/C16H10F8N4O2S/c1-28-12-9(3-7(5-26-12)14(17,18)16(22,23)24)27-13(28)11-10(31(2,29)30)4-8(6-25-11)15(19,20)21/h3-6H,1-2H3. The average Bonchev–Trinajstić information content (AvgIpc) is 2.95. The lowest BCUT2D eigenvalue weighted by molar-refractivity contribution is -0.289. The van der Waals surface area contributed by atoms with Crippen molar-refractivity contribution in [2.75, 3.05) is 6.26 Å². The Morgan fingerprint density at radius 1 is 0.903 bits per heavy atom. The number of rotatable bonds is 3. The second-order valence-electron chi connectivity index (χ2n) is 6.47. The van der Waals surface area contributed by atoms with E-state index in [0.29, 0.717) is 24.6 Å². The lowest BCUT2D eigenvalue weighted by Crippen LogP contribution is -2.33. The molecule has 0 amide bonds. The topological polar surface area (TPSA) is 77.7 Å². The van der Waals surface area contributed by atoms with Gasteiger partial charge in [-0.25, -0.2) is 18.4 Å². The van der Waals surface area contributed by atoms with E-state index in [1.54, 1.807) is 0 Å². The molecule has 6 nitrogen and oxygen atoms in total. The van der Waals surface area contributed by atoms with Crippen molar-refractivity contribution in [1.82, 2.24) is 19.5 Å². The molecule has 0 aliphatic heterocycles. The zero-order valence-electron chi connectivity index (χ0n) is 15.3. The fourth-order valence-electron chi connectivity index (χ4n) is 2.67. The average molecular weight is 474 g/mol. The van der Waals surface area contributed by atoms with Gasteiger partial charge in [-0.05, 0) is 12.1 Å². The van der Waals surface area contributed by atoms with E-state index in [1.165, 1.54) is 7.05 Å². The minimum absolute atomic E-state index is 0.224. The molecule has 0 aliphatic carbocycles. The van der Waals surface area contributed by atoms with Gasteiger partial charge in [0, 0.05) is 25.7 Å². The third kappa shape index (κ3) is 3.93. The molecular formula is C16H10F8N4O2S. The maximum Gasteiger partial charge on any atom is 0.458 e. The van der Waals surface area contributed by atoms with Gasteiger partial charge in [0.1, 0.15) is 11.2 Å². The number of sulfone groups is 1. The van der Waals surface area contributed by atoms with Gasteiger partial charge in [0.25, 0.3) is 0 Å². The molecular weight excluding hydrogens is 464 g/mol. The largest absolute Gasteiger partial charge is 0.458 e. The summed E-state index contributed by atoms with van der Waals surface area (Å²) in [6.07, 6.45) is -9.56. The number of hydrogen-bond donors (Lipinski definition) is 0. The number of aryl methyl sites for hydroxylation is 1. The van der Waals surface area contributed by atoms with Crippen molar-refractivity contribution >= 4 is 21.0 Å². The molecule has 3 aromatic heterocycles. The molecule has 31 heavy (non-hydrogen) atoms. The Kier molecular flexibility index (Phi) is 5.03. The number of hydrogen-bond acceptors (Lipinski definition) is 5. The van der Waals surface area contributed by atoms with E-state index in [2.05, 4.69) is 15.0 Å². The zero-order chi connectivity index (χ0) is 23.6. The number of fused-ring (bicyclic) bond motifs is 1. The van der Waals surface area contributed by atoms with Crippen LogP contribution in [0.2, 0.25) is 0 Å². The van der Waals surface area contributed by atoms with Gasteiger partial charge in [0.05, 0.1) is 16.0 Å². The van der Waals surface area contributed by atoms with Gasteiger partial charge in [0.15, 0.2) is 21.3 Å². The molecule has 0 saturated heterocycles. The van der Waals surface area contributed by atoms with E-state index < -0.39 is 61.2 Å². The number of nitrogens with zero attached hydrogens (tertiary/aromatic N) is 4. The summed E-state index contributed by atoms with van der Waals surface area (Å²) in [5.74, 6) is -5.64. The Labute approximate surface area is 168 Å². The monoisotopic (exact) mass is 474 g/mol. The van der Waals surface area contributed by atoms with Crippen molar-refractivity contribution in [1.29, 1.82) is 0 Å². The SMILES string of the molecule is Cn1c(-c2ncc(C(F)(F)F)cc2S(C)(=O)=O)nc2cc(C(F)(F)C(F)(F)F)cnc21. The number of imidazole rings is 1. The van der Waals surface area contributed by atoms with E-state index in [1.807, 2.05) is 0 Å². The predicted octanol–water partition coefficient (Wildman–Crippen LogP) is 4.11. The minimum atomic E-state index is -5.90. The van der Waals surface area contributed by atoms with Crippen LogP contribution in [0.3, 0.4) is 0 Å². The van der Waals surface area contributed by atoms with Crippen molar-refractivity contribution in [3.8, 4) is 11.5 Å². The van der Waals surface area contributed by atoms with Crippen LogP contribution in [-0.4, -0.2) is 40.4 Å². The maximum atomic E-state index is 13.6. The smallest absolute Gasteiger partial charge is 0.310 e. The third-order valence-corrected chi connectivity index (χ3v) is 5.33. The zero-order valence-corrected chi connectivity index (χ0v) is 16.2. The summed E-state index contributed by atoms with van der Waals surface area (Å²) >= 11 is 0. The highest BCUT2D eigenvalue weighted by molar-refractivity contribution is 7.90. The fourth-order valence-corrected chi connectivity index (χ4v) is 3.51. The van der Waals surface area contributed by atoms with Crippen LogP contribution in [0.15, 0.2) is 29.4 Å². The Hall–Kier alpha value is -2.84. The molecule has 0 atom stereocenters. The van der Waals surface area contributed by atoms with E-state index in [-0.39, 0.29) is 11.8 Å². The molecule has 0 N–H and O–H groups in total. The molecule has 3 heterocycles. The number of pyridine rings is 2. The van der Waals surface area contributed by atoms with Crippen LogP contribution < -0.4 is 0 Å². The summed E-state index contributed by atoms with van der Waals surface area (Å²) in [4.78, 5) is 9.97. The first kappa shape index (κ1) is 22.8. The Bertz CT molecular complexity index is 1280. The van der Waals surface area contributed by atoms with Crippen LogP contribution in [0.1, 0.15) is 11.1 Å². The highest BCUT2D eigenvalue weighted by Gasteiger charge is 2.59. The Balaban J connectivity index is 2.26. The summed E-state index contributed by atoms with van der Waals surface area (Å²) in [5.41, 5.74) is -4.13. The van der Waals surface area contributed by atoms with Gasteiger partial charge < -0.3 is 4.57 Å². The van der Waals surface area contributed by atoms with Crippen molar-refractivity contribution in [3.05, 3.63) is 35.7 Å². The van der Waals surface area contributed by atoms with E-state index in [9.17, 15) is 43.5 Å². The fraction of sp³-hybridized carbons (Fsp3) is 0.312. The van der Waals surface area contributed by atoms with Crippen LogP contribution in [0.25, 0.3) is 22.7 Å². The van der Waals surface area contributed by atoms with Crippen LogP contribution in [0.5, 0.6) is 0 Å². The first-order valence-corrected chi connectivity index (χ1v) is 9.89. The molecule has 0 spiro atoms. The molecule has 0 aliphatic rings. The van der Waals surface area contributed by atoms with Crippen LogP contribution in [-0.2, 0) is 29.0 Å². The molecule has 0 bridgehead atoms. The molecule has 3 rings (SSSR count). The highest BCUT2D eigenvalue weighted by Crippen LogP contribution is 2.44. The minimum Gasteiger partial charge on any atom is -0.310 e. The molecule has 0 fully saturated rings. The van der Waals surface area contributed by atoms with Crippen LogP contribution in [0, 0.1) is 0 Å². The van der Waals surface area contributed by atoms with Gasteiger partial charge in [0.2, 0.25) is 0 Å².